The van der Waals surface area contributed by atoms with Gasteiger partial charge in [-0.2, -0.15) is 0 Å². The summed E-state index contributed by atoms with van der Waals surface area (Å²) in [6.45, 7) is 19.2. The van der Waals surface area contributed by atoms with E-state index in [0.29, 0.717) is 30.4 Å². The molecule has 3 unspecified atom stereocenters. The molecule has 3 aromatic carbocycles. The van der Waals surface area contributed by atoms with Gasteiger partial charge < -0.3 is 4.74 Å². The van der Waals surface area contributed by atoms with Crippen LogP contribution in [0.2, 0.25) is 5.36 Å². The molecule has 9 nitrogen and oxygen atoms in total. The summed E-state index contributed by atoms with van der Waals surface area (Å²) in [7, 11) is 1.32. The van der Waals surface area contributed by atoms with Crippen LogP contribution in [-0.4, -0.2) is 53.7 Å². The van der Waals surface area contributed by atoms with Gasteiger partial charge in [0.2, 0.25) is 0 Å². The maximum atomic E-state index is 14.2. The van der Waals surface area contributed by atoms with Gasteiger partial charge >= 0.3 is 266 Å². The van der Waals surface area contributed by atoms with Gasteiger partial charge in [0.1, 0.15) is 0 Å². The number of amides is 1. The molecule has 0 radical (unpaired) electrons. The number of hydrogen-bond donors (Lipinski definition) is 1. The number of nitrogens with zero attached hydrogens (tertiary/aromatic N) is 1. The van der Waals surface area contributed by atoms with Crippen LogP contribution in [0.5, 0.6) is 5.75 Å². The van der Waals surface area contributed by atoms with E-state index in [1.54, 1.807) is 30.3 Å². The first-order chi connectivity index (χ1) is 26.7. The summed E-state index contributed by atoms with van der Waals surface area (Å²) in [5, 5.41) is 5.77. The van der Waals surface area contributed by atoms with Crippen molar-refractivity contribution in [2.45, 2.75) is 123 Å². The monoisotopic (exact) mass is 827 g/mol. The molecule has 0 saturated carbocycles. The van der Waals surface area contributed by atoms with Crippen LogP contribution < -0.4 is 14.6 Å². The molecule has 313 valence electrons. The Kier molecular flexibility index (Phi) is 15.8. The van der Waals surface area contributed by atoms with Crippen molar-refractivity contribution < 1.29 is 46.1 Å². The van der Waals surface area contributed by atoms with Crippen molar-refractivity contribution in [1.82, 2.24) is 10.4 Å². The molecule has 3 atom stereocenters. The fourth-order valence-corrected chi connectivity index (χ4v) is 9.90. The topological polar surface area (TPSA) is 111 Å². The second kappa shape index (κ2) is 19.7. The van der Waals surface area contributed by atoms with Gasteiger partial charge in [0.05, 0.1) is 7.11 Å². The number of piperidine rings is 1. The fraction of sp³-hybridized carbons (Fsp3) is 0.511. The van der Waals surface area contributed by atoms with Crippen molar-refractivity contribution in [1.29, 1.82) is 0 Å². The van der Waals surface area contributed by atoms with Gasteiger partial charge in [-0.3, -0.25) is 4.79 Å². The maximum absolute atomic E-state index is 14.2. The van der Waals surface area contributed by atoms with E-state index in [-0.39, 0.29) is 29.9 Å². The molecule has 57 heavy (non-hydrogen) atoms. The summed E-state index contributed by atoms with van der Waals surface area (Å²) in [4.78, 5) is 46.4. The Hall–Kier alpha value is -3.96. The van der Waals surface area contributed by atoms with Crippen LogP contribution in [0.15, 0.2) is 91.0 Å². The second-order valence-corrected chi connectivity index (χ2v) is 19.9. The standard InChI is InChI=1S/C41H59N2O6.C6H5.Co.O/c1-12-41(10,28-38(3,4)5)37(46)42-33-25-39(6,7)43(40(8,9)26-33)48-27-32(24-29(2)31-16-14-13-15-17-31)36(45)49-34-21-18-30(19-22-34)20-23-35(44)47-11;1-2-4-6-5-3-1;;/h13-23,29,32-33H,2,12,24-28H2,1,3-11H3,(H,42,46);1-5H;;/b23-20+;;;. The third-order valence-electron chi connectivity index (χ3n) is 10.7. The summed E-state index contributed by atoms with van der Waals surface area (Å²) in [5.41, 5.74) is 0.269. The van der Waals surface area contributed by atoms with E-state index in [2.05, 4.69) is 72.4 Å². The molecule has 0 spiro atoms. The zero-order chi connectivity index (χ0) is 42.0. The first-order valence-electron chi connectivity index (χ1n) is 19.9. The van der Waals surface area contributed by atoms with Crippen molar-refractivity contribution in [3.8, 4) is 5.75 Å². The molecule has 0 bridgehead atoms. The van der Waals surface area contributed by atoms with Crippen LogP contribution in [0.3, 0.4) is 0 Å². The molecule has 0 aliphatic carbocycles. The Balaban J connectivity index is 1.59. The van der Waals surface area contributed by atoms with Gasteiger partial charge in [0, 0.05) is 5.41 Å². The molecular formula is C47H64CoN2O7. The number of carbonyl (C=O) groups excluding carboxylic acids is 3. The van der Waals surface area contributed by atoms with E-state index < -0.39 is 47.9 Å². The Morgan fingerprint density at radius 1 is 0.895 bits per heavy atom. The van der Waals surface area contributed by atoms with Crippen LogP contribution in [-0.2, 0) is 41.4 Å². The van der Waals surface area contributed by atoms with Gasteiger partial charge in [0.25, 0.3) is 0 Å². The SMILES string of the molecule is CCC(C)(CC(C)(C)C)C(=O)NC1CC(C)(C)N(OCC(CC([CH2][Co](=[O])[c]2ccccc2)c2ccccc2)C(=O)Oc2ccc(/C=C/C(=O)OC)cc2)C(C)(C)C1. The van der Waals surface area contributed by atoms with Crippen LogP contribution in [0.4, 0.5) is 0 Å². The third kappa shape index (κ3) is 13.3. The van der Waals surface area contributed by atoms with E-state index in [0.717, 1.165) is 28.5 Å². The van der Waals surface area contributed by atoms with Crippen molar-refractivity contribution in [2.75, 3.05) is 13.7 Å². The number of carbonyl (C=O) groups is 3. The molecule has 3 aromatic rings. The zero-order valence-corrected chi connectivity index (χ0v) is 36.6. The number of rotatable bonds is 17. The average Bonchev–Trinajstić information content (AvgIpc) is 3.15. The zero-order valence-electron chi connectivity index (χ0n) is 35.6. The van der Waals surface area contributed by atoms with Crippen molar-refractivity contribution in [3.63, 3.8) is 0 Å². The number of methoxy groups -OCH3 is 1. The number of hydroxylamine groups is 2. The predicted octanol–water partition coefficient (Wildman–Crippen LogP) is 9.20. The molecule has 0 aromatic heterocycles. The Bertz CT molecular complexity index is 1820. The Labute approximate surface area is 344 Å². The summed E-state index contributed by atoms with van der Waals surface area (Å²) >= 11 is -1.73. The Morgan fingerprint density at radius 2 is 1.47 bits per heavy atom. The van der Waals surface area contributed by atoms with Crippen LogP contribution in [0.25, 0.3) is 6.08 Å². The predicted molar refractivity (Wildman–Crippen MR) is 222 cm³/mol. The van der Waals surface area contributed by atoms with Gasteiger partial charge in [-0.15, -0.1) is 0 Å². The van der Waals surface area contributed by atoms with E-state index in [1.807, 2.05) is 65.7 Å². The minimum atomic E-state index is -1.73. The van der Waals surface area contributed by atoms with Gasteiger partial charge in [-0.25, -0.2) is 4.79 Å². The quantitative estimate of drug-likeness (QED) is 0.0815. The van der Waals surface area contributed by atoms with E-state index in [4.69, 9.17) is 9.57 Å². The molecule has 1 saturated heterocycles. The molecular weight excluding hydrogens is 763 g/mol. The number of esters is 2. The first kappa shape index (κ1) is 45.7. The summed E-state index contributed by atoms with van der Waals surface area (Å²) in [5.74, 6) is -1.44. The fourth-order valence-electron chi connectivity index (χ4n) is 8.18. The Morgan fingerprint density at radius 3 is 2.02 bits per heavy atom. The van der Waals surface area contributed by atoms with Crippen molar-refractivity contribution in [2.24, 2.45) is 16.7 Å². The van der Waals surface area contributed by atoms with Crippen LogP contribution in [0.1, 0.15) is 111 Å². The third-order valence-corrected chi connectivity index (χ3v) is 12.6. The summed E-state index contributed by atoms with van der Waals surface area (Å²) in [6, 6.07) is 26.1. The van der Waals surface area contributed by atoms with E-state index in [9.17, 15) is 18.2 Å². The van der Waals surface area contributed by atoms with Gasteiger partial charge in [0.15, 0.2) is 0 Å². The normalized spacial score (nSPS) is 18.2. The molecule has 4 rings (SSSR count). The number of benzene rings is 3. The van der Waals surface area contributed by atoms with Crippen molar-refractivity contribution in [3.05, 3.63) is 102 Å². The van der Waals surface area contributed by atoms with Crippen LogP contribution in [0, 0.1) is 16.7 Å². The molecule has 1 N–H and O–H groups in total. The number of nitrogens with one attached hydrogen (secondary N) is 1. The minimum absolute atomic E-state index is 0.0126. The van der Waals surface area contributed by atoms with Gasteiger partial charge in [-0.05, 0) is 18.3 Å². The second-order valence-electron chi connectivity index (χ2n) is 18.0. The molecule has 10 heteroatoms. The summed E-state index contributed by atoms with van der Waals surface area (Å²) in [6.07, 6.45) is 6.15. The first-order valence-corrected chi connectivity index (χ1v) is 21.6. The molecule has 1 fully saturated rings. The van der Waals surface area contributed by atoms with Gasteiger partial charge in [-0.1, -0.05) is 34.6 Å². The van der Waals surface area contributed by atoms with Crippen LogP contribution >= 0.6 is 0 Å². The molecule has 1 amide bonds. The average molecular weight is 828 g/mol. The molecule has 1 aliphatic heterocycles. The van der Waals surface area contributed by atoms with E-state index >= 15 is 0 Å². The summed E-state index contributed by atoms with van der Waals surface area (Å²) < 4.78 is 25.2. The molecule has 1 heterocycles. The molecule has 1 aliphatic rings. The van der Waals surface area contributed by atoms with E-state index in [1.165, 1.54) is 13.2 Å². The number of ether oxygens (including phenoxy) is 2. The van der Waals surface area contributed by atoms with Crippen molar-refractivity contribution >= 4 is 28.4 Å². The number of hydrogen-bond acceptors (Lipinski definition) is 8.